The fourth-order valence-electron chi connectivity index (χ4n) is 2.74. The van der Waals surface area contributed by atoms with E-state index in [1.165, 1.54) is 39.0 Å². The molecule has 0 aliphatic carbocycles. The number of hydrogen-bond donors (Lipinski definition) is 1. The summed E-state index contributed by atoms with van der Waals surface area (Å²) in [5.74, 6) is 1.67. The van der Waals surface area contributed by atoms with E-state index in [-0.39, 0.29) is 0 Å². The average Bonchev–Trinajstić information content (AvgIpc) is 2.87. The van der Waals surface area contributed by atoms with Crippen LogP contribution in [0.5, 0.6) is 0 Å². The highest BCUT2D eigenvalue weighted by atomic mass is 16.5. The number of ether oxygens (including phenoxy) is 1. The van der Waals surface area contributed by atoms with Gasteiger partial charge in [0.2, 0.25) is 0 Å². The molecule has 94 valence electrons. The summed E-state index contributed by atoms with van der Waals surface area (Å²) in [5.41, 5.74) is 0. The van der Waals surface area contributed by atoms with Gasteiger partial charge in [-0.25, -0.2) is 0 Å². The largest absolute Gasteiger partial charge is 0.381 e. The van der Waals surface area contributed by atoms with Gasteiger partial charge in [-0.1, -0.05) is 13.8 Å². The first-order valence-electron chi connectivity index (χ1n) is 6.77. The van der Waals surface area contributed by atoms with Gasteiger partial charge in [-0.2, -0.15) is 0 Å². The van der Waals surface area contributed by atoms with Gasteiger partial charge in [0.15, 0.2) is 0 Å². The predicted molar refractivity (Wildman–Crippen MR) is 66.6 cm³/mol. The minimum Gasteiger partial charge on any atom is -0.381 e. The number of rotatable bonds is 5. The van der Waals surface area contributed by atoms with Crippen LogP contribution in [0.4, 0.5) is 0 Å². The van der Waals surface area contributed by atoms with Gasteiger partial charge in [-0.3, -0.25) is 0 Å². The standard InChI is InChI=1S/C13H26N2O/c1-11(2)14-7-12-3-5-15(8-12)9-13-4-6-16-10-13/h11-14H,3-10H2,1-2H3. The lowest BCUT2D eigenvalue weighted by atomic mass is 10.1. The van der Waals surface area contributed by atoms with Gasteiger partial charge >= 0.3 is 0 Å². The highest BCUT2D eigenvalue weighted by Gasteiger charge is 2.26. The molecule has 2 atom stereocenters. The molecule has 0 aromatic rings. The van der Waals surface area contributed by atoms with E-state index < -0.39 is 0 Å². The zero-order valence-corrected chi connectivity index (χ0v) is 10.7. The molecule has 0 amide bonds. The van der Waals surface area contributed by atoms with Crippen LogP contribution >= 0.6 is 0 Å². The van der Waals surface area contributed by atoms with Crippen molar-refractivity contribution in [2.75, 3.05) is 39.4 Å². The Morgan fingerprint density at radius 1 is 1.31 bits per heavy atom. The average molecular weight is 226 g/mol. The first-order valence-corrected chi connectivity index (χ1v) is 6.77. The molecule has 16 heavy (non-hydrogen) atoms. The van der Waals surface area contributed by atoms with E-state index >= 15 is 0 Å². The van der Waals surface area contributed by atoms with Crippen LogP contribution in [0, 0.1) is 11.8 Å². The SMILES string of the molecule is CC(C)NCC1CCN(CC2CCOC2)C1. The highest BCUT2D eigenvalue weighted by Crippen LogP contribution is 2.20. The number of likely N-dealkylation sites (tertiary alicyclic amines) is 1. The Kier molecular flexibility index (Phi) is 4.62. The Morgan fingerprint density at radius 3 is 2.88 bits per heavy atom. The number of nitrogens with one attached hydrogen (secondary N) is 1. The monoisotopic (exact) mass is 226 g/mol. The topological polar surface area (TPSA) is 24.5 Å². The van der Waals surface area contributed by atoms with E-state index in [1.54, 1.807) is 0 Å². The summed E-state index contributed by atoms with van der Waals surface area (Å²) >= 11 is 0. The summed E-state index contributed by atoms with van der Waals surface area (Å²) in [6.45, 7) is 11.5. The Labute approximate surface area is 99.5 Å². The van der Waals surface area contributed by atoms with Crippen LogP contribution in [0.25, 0.3) is 0 Å². The molecule has 0 aromatic heterocycles. The molecule has 0 bridgehead atoms. The van der Waals surface area contributed by atoms with Crippen molar-refractivity contribution in [1.29, 1.82) is 0 Å². The van der Waals surface area contributed by atoms with Gasteiger partial charge in [0.25, 0.3) is 0 Å². The fraction of sp³-hybridized carbons (Fsp3) is 1.00. The van der Waals surface area contributed by atoms with Crippen molar-refractivity contribution < 1.29 is 4.74 Å². The zero-order valence-electron chi connectivity index (χ0n) is 10.7. The maximum absolute atomic E-state index is 5.43. The molecule has 2 rings (SSSR count). The number of hydrogen-bond acceptors (Lipinski definition) is 3. The Hall–Kier alpha value is -0.120. The molecule has 0 aromatic carbocycles. The maximum atomic E-state index is 5.43. The minimum absolute atomic E-state index is 0.622. The van der Waals surface area contributed by atoms with E-state index in [2.05, 4.69) is 24.1 Å². The first kappa shape index (κ1) is 12.3. The predicted octanol–water partition coefficient (Wildman–Crippen LogP) is 1.34. The molecule has 3 heteroatoms. The van der Waals surface area contributed by atoms with Crippen molar-refractivity contribution in [1.82, 2.24) is 10.2 Å². The molecule has 2 unspecified atom stereocenters. The number of nitrogens with zero attached hydrogens (tertiary/aromatic N) is 1. The van der Waals surface area contributed by atoms with Gasteiger partial charge < -0.3 is 15.0 Å². The van der Waals surface area contributed by atoms with Crippen LogP contribution in [-0.2, 0) is 4.74 Å². The highest BCUT2D eigenvalue weighted by molar-refractivity contribution is 4.80. The molecule has 3 nitrogen and oxygen atoms in total. The van der Waals surface area contributed by atoms with Crippen molar-refractivity contribution in [2.45, 2.75) is 32.7 Å². The molecular weight excluding hydrogens is 200 g/mol. The Bertz CT molecular complexity index is 202. The van der Waals surface area contributed by atoms with E-state index in [0.29, 0.717) is 6.04 Å². The van der Waals surface area contributed by atoms with Crippen LogP contribution in [0.2, 0.25) is 0 Å². The fourth-order valence-corrected chi connectivity index (χ4v) is 2.74. The van der Waals surface area contributed by atoms with Crippen molar-refractivity contribution in [3.8, 4) is 0 Å². The minimum atomic E-state index is 0.622. The molecule has 0 radical (unpaired) electrons. The lowest BCUT2D eigenvalue weighted by molar-refractivity contribution is 0.173. The third-order valence-electron chi connectivity index (χ3n) is 3.73. The Balaban J connectivity index is 1.63. The van der Waals surface area contributed by atoms with Crippen LogP contribution in [0.15, 0.2) is 0 Å². The molecular formula is C13H26N2O. The third kappa shape index (κ3) is 3.72. The molecule has 2 saturated heterocycles. The van der Waals surface area contributed by atoms with Gasteiger partial charge in [0.1, 0.15) is 0 Å². The second-order valence-electron chi connectivity index (χ2n) is 5.71. The van der Waals surface area contributed by atoms with Crippen molar-refractivity contribution in [3.63, 3.8) is 0 Å². The smallest absolute Gasteiger partial charge is 0.0507 e. The lowest BCUT2D eigenvalue weighted by Gasteiger charge is -2.19. The van der Waals surface area contributed by atoms with E-state index in [1.807, 2.05) is 0 Å². The second-order valence-corrected chi connectivity index (χ2v) is 5.71. The van der Waals surface area contributed by atoms with E-state index in [4.69, 9.17) is 4.74 Å². The summed E-state index contributed by atoms with van der Waals surface area (Å²) < 4.78 is 5.43. The molecule has 0 spiro atoms. The Morgan fingerprint density at radius 2 is 2.19 bits per heavy atom. The van der Waals surface area contributed by atoms with E-state index in [0.717, 1.165) is 25.0 Å². The first-order chi connectivity index (χ1) is 7.74. The van der Waals surface area contributed by atoms with Crippen molar-refractivity contribution in [2.24, 2.45) is 11.8 Å². The van der Waals surface area contributed by atoms with Crippen molar-refractivity contribution >= 4 is 0 Å². The lowest BCUT2D eigenvalue weighted by Crippen LogP contribution is -2.32. The summed E-state index contributed by atoms with van der Waals surface area (Å²) in [6, 6.07) is 0.622. The second kappa shape index (κ2) is 5.99. The molecule has 2 heterocycles. The van der Waals surface area contributed by atoms with Crippen molar-refractivity contribution in [3.05, 3.63) is 0 Å². The zero-order chi connectivity index (χ0) is 11.4. The molecule has 2 aliphatic rings. The molecule has 0 saturated carbocycles. The molecule has 1 N–H and O–H groups in total. The van der Waals surface area contributed by atoms with Gasteiger partial charge in [0, 0.05) is 25.7 Å². The molecule has 2 fully saturated rings. The van der Waals surface area contributed by atoms with Gasteiger partial charge in [-0.05, 0) is 37.8 Å². The van der Waals surface area contributed by atoms with Crippen LogP contribution in [0.3, 0.4) is 0 Å². The van der Waals surface area contributed by atoms with Gasteiger partial charge in [0.05, 0.1) is 6.61 Å². The summed E-state index contributed by atoms with van der Waals surface area (Å²) in [6.07, 6.45) is 2.64. The quantitative estimate of drug-likeness (QED) is 0.766. The summed E-state index contributed by atoms with van der Waals surface area (Å²) in [4.78, 5) is 2.63. The normalized spacial score (nSPS) is 31.7. The van der Waals surface area contributed by atoms with Crippen LogP contribution < -0.4 is 5.32 Å². The van der Waals surface area contributed by atoms with Crippen LogP contribution in [-0.4, -0.2) is 50.3 Å². The summed E-state index contributed by atoms with van der Waals surface area (Å²) in [5, 5.41) is 3.55. The molecule has 2 aliphatic heterocycles. The third-order valence-corrected chi connectivity index (χ3v) is 3.73. The summed E-state index contributed by atoms with van der Waals surface area (Å²) in [7, 11) is 0. The maximum Gasteiger partial charge on any atom is 0.0507 e. The van der Waals surface area contributed by atoms with Gasteiger partial charge in [-0.15, -0.1) is 0 Å². The van der Waals surface area contributed by atoms with Crippen LogP contribution in [0.1, 0.15) is 26.7 Å². The van der Waals surface area contributed by atoms with E-state index in [9.17, 15) is 0 Å².